The molecule has 7 heteroatoms. The van der Waals surface area contributed by atoms with Crippen molar-refractivity contribution in [3.63, 3.8) is 0 Å². The lowest BCUT2D eigenvalue weighted by atomic mass is 10.3. The molecule has 1 fully saturated rings. The fourth-order valence-corrected chi connectivity index (χ4v) is 3.46. The Labute approximate surface area is 132 Å². The van der Waals surface area contributed by atoms with E-state index in [0.717, 1.165) is 36.3 Å². The van der Waals surface area contributed by atoms with E-state index in [2.05, 4.69) is 9.89 Å². The third kappa shape index (κ3) is 3.37. The number of thioether (sulfide) groups is 1. The van der Waals surface area contributed by atoms with Gasteiger partial charge in [-0.2, -0.15) is 0 Å². The largest absolute Gasteiger partial charge is 0.379 e. The van der Waals surface area contributed by atoms with Crippen LogP contribution in [0.3, 0.4) is 0 Å². The van der Waals surface area contributed by atoms with Crippen LogP contribution >= 0.6 is 23.1 Å². The summed E-state index contributed by atoms with van der Waals surface area (Å²) in [6, 6.07) is 3.96. The van der Waals surface area contributed by atoms with Crippen molar-refractivity contribution in [2.24, 2.45) is 4.99 Å². The second kappa shape index (κ2) is 6.74. The molecule has 0 spiro atoms. The summed E-state index contributed by atoms with van der Waals surface area (Å²) < 4.78 is 5.34. The van der Waals surface area contributed by atoms with Crippen molar-refractivity contribution in [2.45, 2.75) is 0 Å². The van der Waals surface area contributed by atoms with E-state index in [0.29, 0.717) is 12.4 Å². The van der Waals surface area contributed by atoms with Gasteiger partial charge < -0.3 is 4.74 Å². The van der Waals surface area contributed by atoms with E-state index in [4.69, 9.17) is 4.74 Å². The number of amidine groups is 1. The fourth-order valence-electron chi connectivity index (χ4n) is 2.26. The van der Waals surface area contributed by atoms with Gasteiger partial charge in [0.25, 0.3) is 5.91 Å². The second-order valence-electron chi connectivity index (χ2n) is 4.75. The quantitative estimate of drug-likeness (QED) is 0.798. The van der Waals surface area contributed by atoms with Gasteiger partial charge >= 0.3 is 0 Å². The summed E-state index contributed by atoms with van der Waals surface area (Å²) in [5.74, 6) is -0.0146. The average Bonchev–Trinajstić information content (AvgIpc) is 3.12. The highest BCUT2D eigenvalue weighted by molar-refractivity contribution is 8.13. The van der Waals surface area contributed by atoms with Crippen molar-refractivity contribution in [1.29, 1.82) is 0 Å². The molecule has 1 amide bonds. The van der Waals surface area contributed by atoms with Crippen LogP contribution in [0.4, 0.5) is 0 Å². The molecule has 0 saturated carbocycles. The van der Waals surface area contributed by atoms with Crippen molar-refractivity contribution in [1.82, 2.24) is 9.80 Å². The molecule has 21 heavy (non-hydrogen) atoms. The molecule has 0 aromatic carbocycles. The summed E-state index contributed by atoms with van der Waals surface area (Å²) in [7, 11) is 0. The molecule has 5 nitrogen and oxygen atoms in total. The Bertz CT molecular complexity index is 563. The van der Waals surface area contributed by atoms with Crippen molar-refractivity contribution in [3.8, 4) is 0 Å². The summed E-state index contributed by atoms with van der Waals surface area (Å²) in [6.45, 7) is 3.76. The molecule has 112 valence electrons. The van der Waals surface area contributed by atoms with Crippen LogP contribution < -0.4 is 0 Å². The molecule has 2 aliphatic rings. The second-order valence-corrected chi connectivity index (χ2v) is 6.50. The first kappa shape index (κ1) is 14.8. The first-order valence-corrected chi connectivity index (χ1v) is 8.88. The lowest BCUT2D eigenvalue weighted by Gasteiger charge is -2.30. The van der Waals surface area contributed by atoms with Gasteiger partial charge in [-0.3, -0.25) is 14.6 Å². The number of carbonyl (C=O) groups excluding carboxylic acids is 1. The van der Waals surface area contributed by atoms with Crippen molar-refractivity contribution < 1.29 is 9.53 Å². The third-order valence-electron chi connectivity index (χ3n) is 3.36. The monoisotopic (exact) mass is 323 g/mol. The molecular formula is C14H17N3O2S2. The number of hydrogen-bond acceptors (Lipinski definition) is 6. The highest BCUT2D eigenvalue weighted by atomic mass is 32.2. The van der Waals surface area contributed by atoms with Crippen LogP contribution in [0.1, 0.15) is 4.88 Å². The van der Waals surface area contributed by atoms with E-state index in [9.17, 15) is 4.79 Å². The Morgan fingerprint density at radius 3 is 2.95 bits per heavy atom. The predicted molar refractivity (Wildman–Crippen MR) is 87.4 cm³/mol. The zero-order valence-electron chi connectivity index (χ0n) is 11.8. The summed E-state index contributed by atoms with van der Waals surface area (Å²) in [4.78, 5) is 22.1. The van der Waals surface area contributed by atoms with Crippen LogP contribution in [0.15, 0.2) is 28.2 Å². The van der Waals surface area contributed by atoms with Gasteiger partial charge in [0.1, 0.15) is 5.70 Å². The van der Waals surface area contributed by atoms with Gasteiger partial charge in [-0.05, 0) is 23.8 Å². The Morgan fingerprint density at radius 2 is 2.29 bits per heavy atom. The summed E-state index contributed by atoms with van der Waals surface area (Å²) in [5.41, 5.74) is 0.523. The summed E-state index contributed by atoms with van der Waals surface area (Å²) in [5, 5.41) is 2.77. The Hall–Kier alpha value is -1.15. The molecule has 0 radical (unpaired) electrons. The minimum Gasteiger partial charge on any atom is -0.379 e. The van der Waals surface area contributed by atoms with E-state index in [1.165, 1.54) is 11.8 Å². The average molecular weight is 323 g/mol. The van der Waals surface area contributed by atoms with Gasteiger partial charge in [-0.15, -0.1) is 11.3 Å². The Kier molecular flexibility index (Phi) is 4.74. The first-order chi connectivity index (χ1) is 10.3. The molecule has 1 aromatic rings. The van der Waals surface area contributed by atoms with E-state index in [-0.39, 0.29) is 5.91 Å². The van der Waals surface area contributed by atoms with Crippen LogP contribution in [-0.4, -0.2) is 60.1 Å². The maximum Gasteiger partial charge on any atom is 0.279 e. The molecule has 1 aromatic heterocycles. The van der Waals surface area contributed by atoms with E-state index >= 15 is 0 Å². The molecular weight excluding hydrogens is 306 g/mol. The predicted octanol–water partition coefficient (Wildman–Crippen LogP) is 1.94. The number of aliphatic imine (C=N–C) groups is 1. The number of carbonyl (C=O) groups is 1. The molecule has 3 heterocycles. The molecule has 0 unspecified atom stereocenters. The molecule has 3 rings (SSSR count). The molecule has 0 bridgehead atoms. The van der Waals surface area contributed by atoms with Crippen LogP contribution in [0.2, 0.25) is 0 Å². The molecule has 2 aliphatic heterocycles. The lowest BCUT2D eigenvalue weighted by molar-refractivity contribution is -0.124. The number of hydrogen-bond donors (Lipinski definition) is 0. The number of nitrogens with zero attached hydrogens (tertiary/aromatic N) is 3. The number of thiophene rings is 1. The third-order valence-corrected chi connectivity index (χ3v) is 4.86. The van der Waals surface area contributed by atoms with E-state index in [1.54, 1.807) is 16.2 Å². The summed E-state index contributed by atoms with van der Waals surface area (Å²) >= 11 is 3.12. The number of rotatable bonds is 3. The van der Waals surface area contributed by atoms with Gasteiger partial charge in [-0.25, -0.2) is 4.99 Å². The standard InChI is InChI=1S/C14H17N3O2S2/c1-20-14-15-12(9-11-3-2-8-21-11)13(18)17(14)10-16-4-6-19-7-5-16/h2-3,8-9H,4-7,10H2,1H3/b12-9-. The van der Waals surface area contributed by atoms with Gasteiger partial charge in [0, 0.05) is 18.0 Å². The smallest absolute Gasteiger partial charge is 0.279 e. The van der Waals surface area contributed by atoms with E-state index in [1.807, 2.05) is 29.8 Å². The molecule has 0 N–H and O–H groups in total. The number of amides is 1. The number of morpholine rings is 1. The van der Waals surface area contributed by atoms with Gasteiger partial charge in [-0.1, -0.05) is 17.8 Å². The fraction of sp³-hybridized carbons (Fsp3) is 0.429. The van der Waals surface area contributed by atoms with Crippen LogP contribution in [0.25, 0.3) is 6.08 Å². The SMILES string of the molecule is CSC1=N/C(=C\c2cccs2)C(=O)N1CN1CCOCC1. The maximum absolute atomic E-state index is 12.6. The Balaban J connectivity index is 1.75. The molecule has 0 aliphatic carbocycles. The molecule has 1 saturated heterocycles. The first-order valence-electron chi connectivity index (χ1n) is 6.78. The van der Waals surface area contributed by atoms with Gasteiger partial charge in [0.2, 0.25) is 0 Å². The minimum atomic E-state index is -0.0146. The van der Waals surface area contributed by atoms with Crippen LogP contribution in [-0.2, 0) is 9.53 Å². The number of ether oxygens (including phenoxy) is 1. The lowest BCUT2D eigenvalue weighted by Crippen LogP contribution is -2.46. The Morgan fingerprint density at radius 1 is 1.48 bits per heavy atom. The van der Waals surface area contributed by atoms with Gasteiger partial charge in [0.15, 0.2) is 5.17 Å². The van der Waals surface area contributed by atoms with Gasteiger partial charge in [0.05, 0.1) is 19.9 Å². The minimum absolute atomic E-state index is 0.0146. The molecule has 0 atom stereocenters. The zero-order valence-corrected chi connectivity index (χ0v) is 13.5. The van der Waals surface area contributed by atoms with E-state index < -0.39 is 0 Å². The van der Waals surface area contributed by atoms with Crippen molar-refractivity contribution in [2.75, 3.05) is 39.2 Å². The highest BCUT2D eigenvalue weighted by Gasteiger charge is 2.31. The van der Waals surface area contributed by atoms with Crippen molar-refractivity contribution in [3.05, 3.63) is 28.1 Å². The topological polar surface area (TPSA) is 45.1 Å². The zero-order chi connectivity index (χ0) is 14.7. The normalized spacial score (nSPS) is 22.1. The summed E-state index contributed by atoms with van der Waals surface area (Å²) in [6.07, 6.45) is 3.81. The van der Waals surface area contributed by atoms with Crippen LogP contribution in [0, 0.1) is 0 Å². The maximum atomic E-state index is 12.6. The van der Waals surface area contributed by atoms with Crippen LogP contribution in [0.5, 0.6) is 0 Å². The van der Waals surface area contributed by atoms with Crippen molar-refractivity contribution >= 4 is 40.2 Å². The highest BCUT2D eigenvalue weighted by Crippen LogP contribution is 2.24.